The largest absolute Gasteiger partial charge is 0.394 e. The lowest BCUT2D eigenvalue weighted by molar-refractivity contribution is -0.302. The molecule has 6 N–H and O–H groups in total. The number of aliphatic hydroxyl groups is 5. The zero-order chi connectivity index (χ0) is 40.9. The van der Waals surface area contributed by atoms with Crippen LogP contribution in [0.15, 0.2) is 48.6 Å². The van der Waals surface area contributed by atoms with Gasteiger partial charge in [0.05, 0.1) is 25.4 Å². The van der Waals surface area contributed by atoms with E-state index < -0.39 is 49.5 Å². The first kappa shape index (κ1) is 52.2. The number of unbranched alkanes of at least 4 members (excludes halogenated alkanes) is 19. The standard InChI is InChI=1S/C47H85NO8/c1-3-5-7-9-11-13-14-15-16-17-18-19-20-21-22-23-24-25-26-27-28-29-31-33-35-37-43(51)48-40(41(50)36-34-32-30-12-10-8-6-4-2)39-55-47-46(54)45(53)44(52)42(38-49)56-47/h5,7,11,13,15-16,18-19,40-42,44-47,49-50,52-54H,3-4,6,8-10,12,14,17,20-39H2,1-2H3,(H,48,51)/b7-5-,13-11-,16-15-,19-18-. The Morgan fingerprint density at radius 3 is 1.64 bits per heavy atom. The van der Waals surface area contributed by atoms with Crippen LogP contribution in [-0.4, -0.2) is 87.5 Å². The number of nitrogens with one attached hydrogen (secondary N) is 1. The van der Waals surface area contributed by atoms with Crippen LogP contribution >= 0.6 is 0 Å². The minimum absolute atomic E-state index is 0.140. The fourth-order valence-electron chi connectivity index (χ4n) is 7.03. The SMILES string of the molecule is CC/C=C\C/C=C\C/C=C\C/C=C\CCCCCCCCCCCCCCC(=O)NC(COC1OC(CO)C(O)C(O)C1O)C(O)CCCCCCCCCC. The normalized spacial score (nSPS) is 21.6. The fourth-order valence-corrected chi connectivity index (χ4v) is 7.03. The van der Waals surface area contributed by atoms with Crippen LogP contribution in [0.1, 0.15) is 187 Å². The molecule has 0 bridgehead atoms. The van der Waals surface area contributed by atoms with Gasteiger partial charge in [0.1, 0.15) is 24.4 Å². The quantitative estimate of drug-likeness (QED) is 0.0269. The number of carbonyl (C=O) groups is 1. The lowest BCUT2D eigenvalue weighted by Gasteiger charge is -2.40. The Balaban J connectivity index is 2.20. The van der Waals surface area contributed by atoms with E-state index in [0.717, 1.165) is 64.2 Å². The Morgan fingerprint density at radius 2 is 1.11 bits per heavy atom. The number of rotatable bonds is 37. The maximum absolute atomic E-state index is 12.9. The van der Waals surface area contributed by atoms with E-state index in [9.17, 15) is 30.3 Å². The molecular weight excluding hydrogens is 707 g/mol. The van der Waals surface area contributed by atoms with Gasteiger partial charge in [0.25, 0.3) is 0 Å². The summed E-state index contributed by atoms with van der Waals surface area (Å²) in [4.78, 5) is 12.9. The average Bonchev–Trinajstić information content (AvgIpc) is 3.20. The van der Waals surface area contributed by atoms with Crippen LogP contribution in [0, 0.1) is 0 Å². The first-order chi connectivity index (χ1) is 27.3. The molecule has 1 amide bonds. The molecule has 7 atom stereocenters. The van der Waals surface area contributed by atoms with Crippen molar-refractivity contribution in [3.05, 3.63) is 48.6 Å². The summed E-state index contributed by atoms with van der Waals surface area (Å²) >= 11 is 0. The molecule has 1 aliphatic rings. The highest BCUT2D eigenvalue weighted by Gasteiger charge is 2.44. The van der Waals surface area contributed by atoms with Crippen LogP contribution in [0.2, 0.25) is 0 Å². The van der Waals surface area contributed by atoms with Gasteiger partial charge in [0.2, 0.25) is 5.91 Å². The summed E-state index contributed by atoms with van der Waals surface area (Å²) < 4.78 is 11.2. The zero-order valence-corrected chi connectivity index (χ0v) is 35.6. The summed E-state index contributed by atoms with van der Waals surface area (Å²) in [6, 6.07) is -0.718. The van der Waals surface area contributed by atoms with Crippen molar-refractivity contribution in [3.8, 4) is 0 Å². The number of ether oxygens (including phenoxy) is 2. The smallest absolute Gasteiger partial charge is 0.220 e. The van der Waals surface area contributed by atoms with E-state index in [0.29, 0.717) is 12.8 Å². The Hall–Kier alpha value is -1.85. The van der Waals surface area contributed by atoms with Crippen molar-refractivity contribution in [2.75, 3.05) is 13.2 Å². The lowest BCUT2D eigenvalue weighted by Crippen LogP contribution is -2.60. The lowest BCUT2D eigenvalue weighted by atomic mass is 9.99. The van der Waals surface area contributed by atoms with E-state index in [2.05, 4.69) is 67.8 Å². The molecule has 0 radical (unpaired) electrons. The van der Waals surface area contributed by atoms with Crippen molar-refractivity contribution >= 4 is 5.91 Å². The molecule has 0 aromatic rings. The molecule has 0 aromatic carbocycles. The molecule has 0 aromatic heterocycles. The molecule has 0 saturated carbocycles. The van der Waals surface area contributed by atoms with Crippen molar-refractivity contribution in [2.45, 2.75) is 230 Å². The topological polar surface area (TPSA) is 149 Å². The van der Waals surface area contributed by atoms with E-state index in [-0.39, 0.29) is 12.5 Å². The van der Waals surface area contributed by atoms with Crippen LogP contribution in [0.4, 0.5) is 0 Å². The second-order valence-corrected chi connectivity index (χ2v) is 15.8. The predicted octanol–water partition coefficient (Wildman–Crippen LogP) is 9.45. The van der Waals surface area contributed by atoms with E-state index in [1.807, 2.05) is 0 Å². The zero-order valence-electron chi connectivity index (χ0n) is 35.6. The van der Waals surface area contributed by atoms with E-state index in [1.54, 1.807) is 0 Å². The Morgan fingerprint density at radius 1 is 0.625 bits per heavy atom. The summed E-state index contributed by atoms with van der Waals surface area (Å²) in [6.07, 6.45) is 40.0. The summed E-state index contributed by atoms with van der Waals surface area (Å²) in [5.41, 5.74) is 0. The molecule has 9 heteroatoms. The summed E-state index contributed by atoms with van der Waals surface area (Å²) in [5.74, 6) is -0.152. The maximum Gasteiger partial charge on any atom is 0.220 e. The van der Waals surface area contributed by atoms with Gasteiger partial charge in [0, 0.05) is 6.42 Å². The molecule has 0 aliphatic carbocycles. The van der Waals surface area contributed by atoms with Crippen molar-refractivity contribution < 1.29 is 39.8 Å². The van der Waals surface area contributed by atoms with E-state index >= 15 is 0 Å². The monoisotopic (exact) mass is 792 g/mol. The highest BCUT2D eigenvalue weighted by Crippen LogP contribution is 2.23. The predicted molar refractivity (Wildman–Crippen MR) is 230 cm³/mol. The molecule has 1 heterocycles. The van der Waals surface area contributed by atoms with E-state index in [1.165, 1.54) is 96.3 Å². The Kier molecular flexibility index (Phi) is 34.9. The van der Waals surface area contributed by atoms with Crippen LogP contribution in [-0.2, 0) is 14.3 Å². The Bertz CT molecular complexity index is 1010. The fraction of sp³-hybridized carbons (Fsp3) is 0.809. The molecule has 56 heavy (non-hydrogen) atoms. The third-order valence-corrected chi connectivity index (χ3v) is 10.7. The first-order valence-electron chi connectivity index (χ1n) is 22.8. The number of hydrogen-bond acceptors (Lipinski definition) is 8. The van der Waals surface area contributed by atoms with Crippen LogP contribution in [0.5, 0.6) is 0 Å². The molecule has 7 unspecified atom stereocenters. The van der Waals surface area contributed by atoms with Crippen LogP contribution < -0.4 is 5.32 Å². The number of aliphatic hydroxyl groups excluding tert-OH is 5. The second-order valence-electron chi connectivity index (χ2n) is 15.8. The van der Waals surface area contributed by atoms with Crippen LogP contribution in [0.25, 0.3) is 0 Å². The van der Waals surface area contributed by atoms with Gasteiger partial charge < -0.3 is 40.3 Å². The third kappa shape index (κ3) is 27.7. The highest BCUT2D eigenvalue weighted by atomic mass is 16.7. The summed E-state index contributed by atoms with van der Waals surface area (Å²) in [5, 5.41) is 54.1. The first-order valence-corrected chi connectivity index (χ1v) is 22.8. The minimum atomic E-state index is -1.55. The van der Waals surface area contributed by atoms with Gasteiger partial charge in [-0.15, -0.1) is 0 Å². The number of amides is 1. The van der Waals surface area contributed by atoms with E-state index in [4.69, 9.17) is 9.47 Å². The highest BCUT2D eigenvalue weighted by molar-refractivity contribution is 5.76. The van der Waals surface area contributed by atoms with Gasteiger partial charge in [-0.25, -0.2) is 0 Å². The Labute approximate surface area is 342 Å². The van der Waals surface area contributed by atoms with Gasteiger partial charge >= 0.3 is 0 Å². The molecule has 1 rings (SSSR count). The molecule has 9 nitrogen and oxygen atoms in total. The maximum atomic E-state index is 12.9. The number of allylic oxidation sites excluding steroid dienone is 8. The molecule has 1 aliphatic heterocycles. The average molecular weight is 792 g/mol. The van der Waals surface area contributed by atoms with Gasteiger partial charge in [-0.1, -0.05) is 178 Å². The molecule has 1 fully saturated rings. The van der Waals surface area contributed by atoms with Gasteiger partial charge in [-0.2, -0.15) is 0 Å². The number of hydrogen-bond donors (Lipinski definition) is 6. The van der Waals surface area contributed by atoms with Gasteiger partial charge in [-0.3, -0.25) is 4.79 Å². The summed E-state index contributed by atoms with van der Waals surface area (Å²) in [7, 11) is 0. The summed E-state index contributed by atoms with van der Waals surface area (Å²) in [6.45, 7) is 3.67. The van der Waals surface area contributed by atoms with Gasteiger partial charge in [0.15, 0.2) is 6.29 Å². The molecule has 1 saturated heterocycles. The van der Waals surface area contributed by atoms with Crippen LogP contribution in [0.3, 0.4) is 0 Å². The second kappa shape index (κ2) is 37.4. The van der Waals surface area contributed by atoms with Crippen molar-refractivity contribution in [3.63, 3.8) is 0 Å². The molecular formula is C47H85NO8. The minimum Gasteiger partial charge on any atom is -0.394 e. The molecule has 326 valence electrons. The van der Waals surface area contributed by atoms with Crippen molar-refractivity contribution in [1.82, 2.24) is 5.32 Å². The van der Waals surface area contributed by atoms with Crippen molar-refractivity contribution in [1.29, 1.82) is 0 Å². The van der Waals surface area contributed by atoms with Gasteiger partial charge in [-0.05, 0) is 51.4 Å². The number of carbonyl (C=O) groups excluding carboxylic acids is 1. The third-order valence-electron chi connectivity index (χ3n) is 10.7. The van der Waals surface area contributed by atoms with Crippen molar-refractivity contribution in [2.24, 2.45) is 0 Å². The molecule has 0 spiro atoms.